The average molecular weight is 701 g/mol. The quantitative estimate of drug-likeness (QED) is 0.0831. The minimum absolute atomic E-state index is 0.128. The molecule has 1 aromatic heterocycles. The third-order valence-electron chi connectivity index (χ3n) is 8.56. The Bertz CT molecular complexity index is 1760. The monoisotopic (exact) mass is 700 g/mol. The predicted octanol–water partition coefficient (Wildman–Crippen LogP) is 6.29. The summed E-state index contributed by atoms with van der Waals surface area (Å²) in [7, 11) is 3.14. The van der Waals surface area contributed by atoms with E-state index in [1.54, 1.807) is 44.6 Å². The van der Waals surface area contributed by atoms with Crippen LogP contribution in [0.4, 0.5) is 4.79 Å². The first-order valence-corrected chi connectivity index (χ1v) is 17.2. The van der Waals surface area contributed by atoms with Crippen molar-refractivity contribution in [1.82, 2.24) is 20.5 Å². The van der Waals surface area contributed by atoms with E-state index >= 15 is 0 Å². The second kappa shape index (κ2) is 19.0. The van der Waals surface area contributed by atoms with Gasteiger partial charge < -0.3 is 39.8 Å². The minimum Gasteiger partial charge on any atom is -0.496 e. The van der Waals surface area contributed by atoms with Crippen molar-refractivity contribution in [2.75, 3.05) is 20.8 Å². The number of nitrogens with one attached hydrogen (secondary N) is 3. The average Bonchev–Trinajstić information content (AvgIpc) is 3.49. The molecule has 3 amide bonds. The van der Waals surface area contributed by atoms with Crippen LogP contribution in [0.3, 0.4) is 0 Å². The molecule has 0 bridgehead atoms. The standard InChI is InChI=1S/C39H48N4O8/c1-5-6-17-29(36-33(49-3)21-26(2)22-34(36)50-4)41-37(46)30(18-12-13-20-40-39(48)51-25-27-14-8-7-9-15-27)42-38(47)32-23-28-16-10-11-19-31(28)43(32)24-35(44)45/h7-11,14-16,19,21-23,29-30H,5-6,12-13,17-18,20,24-25H2,1-4H3,(H,40,48)(H,41,46)(H,42,47)(H,44,45)/t29?,30-/m1/s1. The van der Waals surface area contributed by atoms with Crippen LogP contribution in [-0.4, -0.2) is 60.4 Å². The number of alkyl carbamates (subject to hydrolysis) is 1. The number of fused-ring (bicyclic) bond motifs is 1. The number of nitrogens with zero attached hydrogens (tertiary/aromatic N) is 1. The van der Waals surface area contributed by atoms with E-state index in [0.717, 1.165) is 24.0 Å². The van der Waals surface area contributed by atoms with Gasteiger partial charge in [-0.1, -0.05) is 68.3 Å². The Morgan fingerprint density at radius 2 is 1.53 bits per heavy atom. The van der Waals surface area contributed by atoms with E-state index in [9.17, 15) is 24.3 Å². The number of carboxylic acids is 1. The number of carbonyl (C=O) groups is 4. The summed E-state index contributed by atoms with van der Waals surface area (Å²) < 4.78 is 18.2. The van der Waals surface area contributed by atoms with E-state index in [1.807, 2.05) is 49.4 Å². The predicted molar refractivity (Wildman–Crippen MR) is 194 cm³/mol. The van der Waals surface area contributed by atoms with Gasteiger partial charge in [-0.2, -0.15) is 0 Å². The van der Waals surface area contributed by atoms with Gasteiger partial charge >= 0.3 is 12.1 Å². The third kappa shape index (κ3) is 10.7. The van der Waals surface area contributed by atoms with E-state index in [0.29, 0.717) is 53.8 Å². The second-order valence-corrected chi connectivity index (χ2v) is 12.4. The van der Waals surface area contributed by atoms with Gasteiger partial charge in [-0.05, 0) is 68.0 Å². The van der Waals surface area contributed by atoms with Crippen molar-refractivity contribution in [2.24, 2.45) is 0 Å². The van der Waals surface area contributed by atoms with Crippen molar-refractivity contribution in [3.63, 3.8) is 0 Å². The number of hydrogen-bond acceptors (Lipinski definition) is 7. The Balaban J connectivity index is 1.53. The molecular weight excluding hydrogens is 652 g/mol. The van der Waals surface area contributed by atoms with Gasteiger partial charge in [0.1, 0.15) is 36.4 Å². The number of aryl methyl sites for hydroxylation is 1. The van der Waals surface area contributed by atoms with E-state index in [-0.39, 0.29) is 18.7 Å². The topological polar surface area (TPSA) is 157 Å². The van der Waals surface area contributed by atoms with Crippen LogP contribution >= 0.6 is 0 Å². The van der Waals surface area contributed by atoms with Crippen molar-refractivity contribution in [3.8, 4) is 11.5 Å². The lowest BCUT2D eigenvalue weighted by molar-refractivity contribution is -0.137. The van der Waals surface area contributed by atoms with E-state index in [4.69, 9.17) is 14.2 Å². The van der Waals surface area contributed by atoms with Crippen LogP contribution < -0.4 is 25.4 Å². The fourth-order valence-corrected chi connectivity index (χ4v) is 6.03. The number of para-hydroxylation sites is 1. The molecule has 2 atom stereocenters. The number of unbranched alkanes of at least 4 members (excludes halogenated alkanes) is 2. The lowest BCUT2D eigenvalue weighted by atomic mass is 9.96. The van der Waals surface area contributed by atoms with E-state index < -0.39 is 42.5 Å². The van der Waals surface area contributed by atoms with E-state index in [2.05, 4.69) is 22.9 Å². The fraction of sp³-hybridized carbons (Fsp3) is 0.385. The summed E-state index contributed by atoms with van der Waals surface area (Å²) in [6, 6.07) is 20.4. The smallest absolute Gasteiger partial charge is 0.407 e. The van der Waals surface area contributed by atoms with Crippen LogP contribution in [0, 0.1) is 6.92 Å². The summed E-state index contributed by atoms with van der Waals surface area (Å²) in [6.07, 6.45) is 2.99. The van der Waals surface area contributed by atoms with Gasteiger partial charge in [-0.3, -0.25) is 14.4 Å². The molecule has 12 heteroatoms. The molecule has 0 radical (unpaired) electrons. The summed E-state index contributed by atoms with van der Waals surface area (Å²) in [5, 5.41) is 19.1. The zero-order valence-corrected chi connectivity index (χ0v) is 29.7. The Morgan fingerprint density at radius 3 is 2.20 bits per heavy atom. The molecule has 1 heterocycles. The van der Waals surface area contributed by atoms with Gasteiger partial charge in [0, 0.05) is 17.4 Å². The first-order valence-electron chi connectivity index (χ1n) is 17.2. The lowest BCUT2D eigenvalue weighted by Crippen LogP contribution is -2.48. The normalized spacial score (nSPS) is 12.1. The van der Waals surface area contributed by atoms with Gasteiger partial charge in [-0.25, -0.2) is 4.79 Å². The second-order valence-electron chi connectivity index (χ2n) is 12.4. The summed E-state index contributed by atoms with van der Waals surface area (Å²) in [4.78, 5) is 52.0. The molecule has 0 aliphatic heterocycles. The molecule has 4 aromatic rings. The molecule has 0 aliphatic carbocycles. The molecule has 0 spiro atoms. The number of carboxylic acid groups (broad SMARTS) is 1. The summed E-state index contributed by atoms with van der Waals surface area (Å²) >= 11 is 0. The highest BCUT2D eigenvalue weighted by Gasteiger charge is 2.29. The summed E-state index contributed by atoms with van der Waals surface area (Å²) in [6.45, 7) is 4.02. The molecule has 0 fully saturated rings. The number of carbonyl (C=O) groups excluding carboxylic acids is 3. The number of benzene rings is 3. The molecular formula is C39H48N4O8. The highest BCUT2D eigenvalue weighted by Crippen LogP contribution is 2.38. The van der Waals surface area contributed by atoms with Crippen molar-refractivity contribution < 1.29 is 38.5 Å². The van der Waals surface area contributed by atoms with Crippen LogP contribution in [0.5, 0.6) is 11.5 Å². The van der Waals surface area contributed by atoms with Crippen LogP contribution in [0.2, 0.25) is 0 Å². The number of ether oxygens (including phenoxy) is 3. The number of methoxy groups -OCH3 is 2. The molecule has 0 saturated carbocycles. The number of aliphatic carboxylic acids is 1. The summed E-state index contributed by atoms with van der Waals surface area (Å²) in [5.41, 5.74) is 3.24. The molecule has 272 valence electrons. The SMILES string of the molecule is CCCCC(NC(=O)[C@@H](CCCCNC(=O)OCc1ccccc1)NC(=O)c1cc2ccccc2n1CC(=O)O)c1c(OC)cc(C)cc1OC. The maximum atomic E-state index is 14.2. The molecule has 0 saturated heterocycles. The molecule has 51 heavy (non-hydrogen) atoms. The van der Waals surface area contributed by atoms with Gasteiger partial charge in [-0.15, -0.1) is 0 Å². The molecule has 3 aromatic carbocycles. The maximum absolute atomic E-state index is 14.2. The Kier molecular flexibility index (Phi) is 14.3. The highest BCUT2D eigenvalue weighted by atomic mass is 16.5. The Morgan fingerprint density at radius 1 is 0.843 bits per heavy atom. The van der Waals surface area contributed by atoms with Gasteiger partial charge in [0.15, 0.2) is 0 Å². The largest absolute Gasteiger partial charge is 0.496 e. The number of aromatic nitrogens is 1. The molecule has 4 N–H and O–H groups in total. The third-order valence-corrected chi connectivity index (χ3v) is 8.56. The summed E-state index contributed by atoms with van der Waals surface area (Å²) in [5.74, 6) is -0.931. The Hall–Kier alpha value is -5.52. The van der Waals surface area contributed by atoms with Crippen molar-refractivity contribution >= 4 is 34.8 Å². The zero-order valence-electron chi connectivity index (χ0n) is 29.7. The molecule has 1 unspecified atom stereocenters. The maximum Gasteiger partial charge on any atom is 0.407 e. The fourth-order valence-electron chi connectivity index (χ4n) is 6.03. The van der Waals surface area contributed by atoms with Crippen LogP contribution in [0.1, 0.15) is 78.7 Å². The van der Waals surface area contributed by atoms with Crippen LogP contribution in [0.15, 0.2) is 72.8 Å². The Labute approximate surface area is 298 Å². The lowest BCUT2D eigenvalue weighted by Gasteiger charge is -2.27. The number of amides is 3. The zero-order chi connectivity index (χ0) is 36.8. The number of hydrogen-bond donors (Lipinski definition) is 4. The minimum atomic E-state index is -1.10. The van der Waals surface area contributed by atoms with Crippen molar-refractivity contribution in [2.45, 2.75) is 77.6 Å². The van der Waals surface area contributed by atoms with Crippen molar-refractivity contribution in [1.29, 1.82) is 0 Å². The first kappa shape index (κ1) is 38.3. The van der Waals surface area contributed by atoms with Crippen molar-refractivity contribution in [3.05, 3.63) is 95.2 Å². The molecule has 0 aliphatic rings. The van der Waals surface area contributed by atoms with E-state index in [1.165, 1.54) is 4.57 Å². The van der Waals surface area contributed by atoms with Gasteiger partial charge in [0.2, 0.25) is 5.91 Å². The van der Waals surface area contributed by atoms with Crippen LogP contribution in [-0.2, 0) is 27.5 Å². The number of rotatable bonds is 19. The van der Waals surface area contributed by atoms with Gasteiger partial charge in [0.25, 0.3) is 5.91 Å². The van der Waals surface area contributed by atoms with Gasteiger partial charge in [0.05, 0.1) is 25.8 Å². The molecule has 4 rings (SSSR count). The molecule has 12 nitrogen and oxygen atoms in total. The first-order chi connectivity index (χ1) is 24.6. The highest BCUT2D eigenvalue weighted by molar-refractivity contribution is 6.01. The van der Waals surface area contributed by atoms with Crippen LogP contribution in [0.25, 0.3) is 10.9 Å².